The van der Waals surface area contributed by atoms with Crippen LogP contribution >= 0.6 is 0 Å². The smallest absolute Gasteiger partial charge is 0.312 e. The lowest BCUT2D eigenvalue weighted by Gasteiger charge is -2.60. The third-order valence-electron chi connectivity index (χ3n) is 9.13. The molecular weight excluding hydrogens is 560 g/mol. The molecule has 1 saturated carbocycles. The average Bonchev–Trinajstić information content (AvgIpc) is 3.61. The first-order chi connectivity index (χ1) is 19.4. The highest BCUT2D eigenvalue weighted by Crippen LogP contribution is 2.60. The Morgan fingerprint density at radius 2 is 1.43 bits per heavy atom. The number of rotatable bonds is 5. The predicted molar refractivity (Wildman–Crippen MR) is 137 cm³/mol. The van der Waals surface area contributed by atoms with Crippen molar-refractivity contribution in [2.24, 2.45) is 17.3 Å². The predicted octanol–water partition coefficient (Wildman–Crippen LogP) is -0.517. The fourth-order valence-corrected chi connectivity index (χ4v) is 7.21. The van der Waals surface area contributed by atoms with Crippen LogP contribution in [0.5, 0.6) is 0 Å². The van der Waals surface area contributed by atoms with Crippen molar-refractivity contribution < 1.29 is 67.7 Å². The highest BCUT2D eigenvalue weighted by atomic mass is 16.6. The van der Waals surface area contributed by atoms with E-state index in [4.69, 9.17) is 28.4 Å². The van der Waals surface area contributed by atoms with Crippen LogP contribution in [0.25, 0.3) is 0 Å². The second-order valence-corrected chi connectivity index (χ2v) is 11.9. The van der Waals surface area contributed by atoms with Gasteiger partial charge in [-0.25, -0.2) is 0 Å². The summed E-state index contributed by atoms with van der Waals surface area (Å²) in [5.74, 6) is -7.00. The minimum atomic E-state index is -2.39. The third-order valence-corrected chi connectivity index (χ3v) is 9.13. The van der Waals surface area contributed by atoms with Crippen LogP contribution in [0.4, 0.5) is 0 Å². The molecule has 2 saturated heterocycles. The summed E-state index contributed by atoms with van der Waals surface area (Å²) in [6, 6.07) is 0. The SMILES string of the molecule is CC(=O)O[C@H]1C[C@@H](OC(C)=O)[C@@](C)(O)[C@@H]2[C@@H](OC(C)=O)[C@@]3(O)[C@H](C=C(CO)[C@H]4O[C@H]4[C@@H](OC(C)=O)[C@]12C)OC(=O)[C@@H]3C. The number of aliphatic hydroxyl groups is 3. The molecule has 0 radical (unpaired) electrons. The molecule has 0 amide bonds. The molecule has 2 aliphatic heterocycles. The number of ether oxygens (including phenoxy) is 6. The van der Waals surface area contributed by atoms with Gasteiger partial charge in [0.05, 0.1) is 17.9 Å². The Morgan fingerprint density at radius 1 is 0.905 bits per heavy atom. The minimum absolute atomic E-state index is 0.190. The molecule has 4 aliphatic rings. The Labute approximate surface area is 242 Å². The number of aliphatic hydroxyl groups excluding tert-OH is 1. The number of hydrogen-bond donors (Lipinski definition) is 3. The molecule has 0 aromatic heterocycles. The van der Waals surface area contributed by atoms with E-state index in [1.807, 2.05) is 0 Å². The van der Waals surface area contributed by atoms with Crippen molar-refractivity contribution in [1.82, 2.24) is 0 Å². The summed E-state index contributed by atoms with van der Waals surface area (Å²) >= 11 is 0. The van der Waals surface area contributed by atoms with Gasteiger partial charge in [0.25, 0.3) is 0 Å². The van der Waals surface area contributed by atoms with Crippen LogP contribution in [0.3, 0.4) is 0 Å². The first kappa shape index (κ1) is 31.9. The number of carbonyl (C=O) groups is 5. The van der Waals surface area contributed by atoms with Crippen molar-refractivity contribution in [3.8, 4) is 0 Å². The molecule has 0 aromatic carbocycles. The zero-order valence-electron chi connectivity index (χ0n) is 24.5. The van der Waals surface area contributed by atoms with Gasteiger partial charge in [0.1, 0.15) is 42.2 Å². The second kappa shape index (κ2) is 10.9. The maximum atomic E-state index is 13.0. The molecule has 14 nitrogen and oxygen atoms in total. The number of esters is 5. The Balaban J connectivity index is 2.11. The van der Waals surface area contributed by atoms with Crippen molar-refractivity contribution in [3.05, 3.63) is 11.6 Å². The Bertz CT molecular complexity index is 1190. The van der Waals surface area contributed by atoms with Crippen LogP contribution in [-0.4, -0.2) is 106 Å². The van der Waals surface area contributed by atoms with E-state index in [1.165, 1.54) is 26.8 Å². The van der Waals surface area contributed by atoms with Gasteiger partial charge in [-0.15, -0.1) is 0 Å². The quantitative estimate of drug-likeness (QED) is 0.158. The third kappa shape index (κ3) is 5.07. The normalized spacial score (nSPS) is 44.2. The molecule has 42 heavy (non-hydrogen) atoms. The summed E-state index contributed by atoms with van der Waals surface area (Å²) < 4.78 is 34.2. The van der Waals surface area contributed by atoms with E-state index in [0.717, 1.165) is 27.7 Å². The summed E-state index contributed by atoms with van der Waals surface area (Å²) in [5, 5.41) is 35.0. The van der Waals surface area contributed by atoms with Crippen molar-refractivity contribution >= 4 is 29.8 Å². The van der Waals surface area contributed by atoms with Crippen LogP contribution in [0.15, 0.2) is 11.6 Å². The Morgan fingerprint density at radius 3 is 1.95 bits per heavy atom. The van der Waals surface area contributed by atoms with Gasteiger partial charge >= 0.3 is 29.8 Å². The molecule has 0 aromatic rings. The largest absolute Gasteiger partial charge is 0.462 e. The fourth-order valence-electron chi connectivity index (χ4n) is 7.21. The van der Waals surface area contributed by atoms with Gasteiger partial charge in [0.2, 0.25) is 0 Å². The topological polar surface area (TPSA) is 205 Å². The Kier molecular flexibility index (Phi) is 8.26. The zero-order chi connectivity index (χ0) is 31.5. The lowest BCUT2D eigenvalue weighted by atomic mass is 9.51. The molecule has 0 spiro atoms. The summed E-state index contributed by atoms with van der Waals surface area (Å²) in [7, 11) is 0. The van der Waals surface area contributed by atoms with E-state index in [0.29, 0.717) is 0 Å². The van der Waals surface area contributed by atoms with Gasteiger partial charge < -0.3 is 43.7 Å². The zero-order valence-corrected chi connectivity index (χ0v) is 24.5. The molecule has 3 fully saturated rings. The average molecular weight is 599 g/mol. The lowest BCUT2D eigenvalue weighted by molar-refractivity contribution is -0.291. The molecule has 4 rings (SSSR count). The van der Waals surface area contributed by atoms with E-state index in [1.54, 1.807) is 0 Å². The van der Waals surface area contributed by atoms with Gasteiger partial charge in [-0.2, -0.15) is 0 Å². The first-order valence-corrected chi connectivity index (χ1v) is 13.7. The van der Waals surface area contributed by atoms with Gasteiger partial charge in [-0.1, -0.05) is 6.92 Å². The molecule has 2 heterocycles. The summed E-state index contributed by atoms with van der Waals surface area (Å²) in [6.45, 7) is 8.00. The van der Waals surface area contributed by atoms with Gasteiger partial charge in [-0.05, 0) is 25.5 Å². The lowest BCUT2D eigenvalue weighted by Crippen LogP contribution is -2.75. The van der Waals surface area contributed by atoms with E-state index in [-0.39, 0.29) is 12.0 Å². The first-order valence-electron chi connectivity index (χ1n) is 13.7. The van der Waals surface area contributed by atoms with Gasteiger partial charge in [0, 0.05) is 40.0 Å². The summed E-state index contributed by atoms with van der Waals surface area (Å²) in [5.41, 5.74) is -6.11. The van der Waals surface area contributed by atoms with E-state index >= 15 is 0 Å². The van der Waals surface area contributed by atoms with Crippen LogP contribution in [0.2, 0.25) is 0 Å². The van der Waals surface area contributed by atoms with Gasteiger partial charge in [-0.3, -0.25) is 24.0 Å². The van der Waals surface area contributed by atoms with Crippen molar-refractivity contribution in [2.45, 2.75) is 109 Å². The van der Waals surface area contributed by atoms with E-state index in [9.17, 15) is 39.3 Å². The van der Waals surface area contributed by atoms with E-state index < -0.39 is 108 Å². The van der Waals surface area contributed by atoms with Crippen LogP contribution in [0.1, 0.15) is 54.9 Å². The second-order valence-electron chi connectivity index (χ2n) is 11.9. The number of epoxide rings is 1. The highest BCUT2D eigenvalue weighted by molar-refractivity contribution is 5.78. The highest BCUT2D eigenvalue weighted by Gasteiger charge is 2.75. The standard InChI is InChI=1S/C28H38O14/c1-11-25(34)41-19-8-16(10-29)20-21(42-20)23(39-14(4)32)26(6)17(37-12(2)30)9-18(38-13(3)31)27(7,35)22(26)24(28(11,19)36)40-15(5)33/h8,11,17-24,29,35-36H,9-10H2,1-7H3/t11-,17-,18+,19-,20+,21+,22+,23+,24+,26+,27+,28-/m0/s1. The monoisotopic (exact) mass is 598 g/mol. The Hall–Kier alpha value is -3.07. The molecule has 0 bridgehead atoms. The van der Waals surface area contributed by atoms with Crippen molar-refractivity contribution in [1.29, 1.82) is 0 Å². The number of fused-ring (bicyclic) bond motifs is 3. The van der Waals surface area contributed by atoms with E-state index in [2.05, 4.69) is 0 Å². The molecule has 2 aliphatic carbocycles. The molecule has 14 heteroatoms. The molecule has 12 atom stereocenters. The van der Waals surface area contributed by atoms with Crippen LogP contribution < -0.4 is 0 Å². The summed E-state index contributed by atoms with van der Waals surface area (Å²) in [6.07, 6.45) is -8.14. The van der Waals surface area contributed by atoms with Crippen LogP contribution in [-0.2, 0) is 52.4 Å². The minimum Gasteiger partial charge on any atom is -0.462 e. The van der Waals surface area contributed by atoms with Crippen molar-refractivity contribution in [3.63, 3.8) is 0 Å². The van der Waals surface area contributed by atoms with Crippen molar-refractivity contribution in [2.75, 3.05) is 6.61 Å². The molecule has 234 valence electrons. The maximum Gasteiger partial charge on any atom is 0.312 e. The number of hydrogen-bond acceptors (Lipinski definition) is 14. The van der Waals surface area contributed by atoms with Gasteiger partial charge in [0.15, 0.2) is 11.7 Å². The number of carbonyl (C=O) groups excluding carboxylic acids is 5. The fraction of sp³-hybridized carbons (Fsp3) is 0.750. The molecule has 3 N–H and O–H groups in total. The molecular formula is C28H38O14. The summed E-state index contributed by atoms with van der Waals surface area (Å²) in [4.78, 5) is 62.8. The van der Waals surface area contributed by atoms with Crippen LogP contribution in [0, 0.1) is 17.3 Å². The molecule has 0 unspecified atom stereocenters. The maximum absolute atomic E-state index is 13.0.